The Balaban J connectivity index is 2.49. The fraction of sp³-hybridized carbons (Fsp3) is 0.375. The Bertz CT molecular complexity index is 457. The van der Waals surface area contributed by atoms with E-state index in [-0.39, 0.29) is 5.57 Å². The molecule has 0 amide bonds. The van der Waals surface area contributed by atoms with Crippen molar-refractivity contribution in [3.8, 4) is 6.07 Å². The number of esters is 1. The summed E-state index contributed by atoms with van der Waals surface area (Å²) in [7, 11) is 0. The highest BCUT2D eigenvalue weighted by atomic mass is 16.5. The Kier molecular flexibility index (Phi) is 7.04. The van der Waals surface area contributed by atoms with E-state index < -0.39 is 5.97 Å². The third-order valence-corrected chi connectivity index (χ3v) is 2.68. The van der Waals surface area contributed by atoms with Crippen LogP contribution < -0.4 is 0 Å². The molecule has 0 bridgehead atoms. The van der Waals surface area contributed by atoms with Gasteiger partial charge in [0.05, 0.1) is 6.61 Å². The molecule has 0 fully saturated rings. The van der Waals surface area contributed by atoms with E-state index >= 15 is 0 Å². The molecule has 1 rings (SSSR count). The summed E-state index contributed by atoms with van der Waals surface area (Å²) in [6.45, 7) is 2.51. The molecule has 1 aromatic carbocycles. The highest BCUT2D eigenvalue weighted by molar-refractivity contribution is 5.97. The Hall–Kier alpha value is -2.08. The van der Waals surface area contributed by atoms with E-state index in [1.165, 1.54) is 0 Å². The minimum absolute atomic E-state index is 0.0432. The van der Waals surface area contributed by atoms with Crippen LogP contribution in [0.2, 0.25) is 0 Å². The lowest BCUT2D eigenvalue weighted by atomic mass is 10.1. The largest absolute Gasteiger partial charge is 0.462 e. The first kappa shape index (κ1) is 15.0. The van der Waals surface area contributed by atoms with Gasteiger partial charge in [0, 0.05) is 0 Å². The molecular formula is C16H19NO2. The Morgan fingerprint density at radius 2 is 2.00 bits per heavy atom. The van der Waals surface area contributed by atoms with Gasteiger partial charge in [0.25, 0.3) is 0 Å². The first-order chi connectivity index (χ1) is 9.27. The van der Waals surface area contributed by atoms with Gasteiger partial charge in [-0.15, -0.1) is 0 Å². The molecule has 0 aromatic heterocycles. The third-order valence-electron chi connectivity index (χ3n) is 2.68. The van der Waals surface area contributed by atoms with Crippen molar-refractivity contribution >= 4 is 12.0 Å². The molecule has 0 saturated heterocycles. The predicted octanol–water partition coefficient (Wildman–Crippen LogP) is 3.72. The normalized spacial score (nSPS) is 10.8. The van der Waals surface area contributed by atoms with Crippen molar-refractivity contribution in [1.29, 1.82) is 5.26 Å². The van der Waals surface area contributed by atoms with Crippen molar-refractivity contribution in [2.24, 2.45) is 0 Å². The molecule has 0 heterocycles. The highest BCUT2D eigenvalue weighted by Gasteiger charge is 2.10. The van der Waals surface area contributed by atoms with Gasteiger partial charge >= 0.3 is 5.97 Å². The van der Waals surface area contributed by atoms with Crippen LogP contribution in [-0.4, -0.2) is 12.6 Å². The molecule has 0 unspecified atom stereocenters. The van der Waals surface area contributed by atoms with Gasteiger partial charge in [-0.25, -0.2) is 4.79 Å². The first-order valence-corrected chi connectivity index (χ1v) is 6.62. The molecule has 0 atom stereocenters. The highest BCUT2D eigenvalue weighted by Crippen LogP contribution is 2.08. The van der Waals surface area contributed by atoms with Crippen LogP contribution in [0.15, 0.2) is 35.9 Å². The van der Waals surface area contributed by atoms with Crippen LogP contribution >= 0.6 is 0 Å². The molecule has 0 aliphatic rings. The number of nitriles is 1. The minimum Gasteiger partial charge on any atom is -0.462 e. The van der Waals surface area contributed by atoms with E-state index in [0.29, 0.717) is 6.61 Å². The van der Waals surface area contributed by atoms with Crippen molar-refractivity contribution in [1.82, 2.24) is 0 Å². The summed E-state index contributed by atoms with van der Waals surface area (Å²) in [4.78, 5) is 11.7. The quantitative estimate of drug-likeness (QED) is 0.324. The van der Waals surface area contributed by atoms with Gasteiger partial charge in [-0.3, -0.25) is 0 Å². The second-order valence-electron chi connectivity index (χ2n) is 4.28. The SMILES string of the molecule is CCCCCCOC(=O)/C(C#N)=C\c1ccccc1. The number of carbonyl (C=O) groups excluding carboxylic acids is 1. The zero-order valence-electron chi connectivity index (χ0n) is 11.3. The van der Waals surface area contributed by atoms with Gasteiger partial charge < -0.3 is 4.74 Å². The van der Waals surface area contributed by atoms with Gasteiger partial charge in [-0.2, -0.15) is 5.26 Å². The van der Waals surface area contributed by atoms with Crippen LogP contribution in [0.5, 0.6) is 0 Å². The van der Waals surface area contributed by atoms with Crippen LogP contribution in [0.3, 0.4) is 0 Å². The molecule has 0 N–H and O–H groups in total. The summed E-state index contributed by atoms with van der Waals surface area (Å²) < 4.78 is 5.08. The second kappa shape index (κ2) is 8.93. The number of hydrogen-bond donors (Lipinski definition) is 0. The standard InChI is InChI=1S/C16H19NO2/c1-2-3-4-8-11-19-16(18)15(13-17)12-14-9-6-5-7-10-14/h5-7,9-10,12H,2-4,8,11H2,1H3/b15-12-. The lowest BCUT2D eigenvalue weighted by Gasteiger charge is -2.03. The van der Waals surface area contributed by atoms with E-state index in [1.54, 1.807) is 6.08 Å². The maximum absolute atomic E-state index is 11.7. The number of ether oxygens (including phenoxy) is 1. The molecule has 0 aliphatic heterocycles. The zero-order valence-corrected chi connectivity index (χ0v) is 11.3. The van der Waals surface area contributed by atoms with Gasteiger partial charge in [-0.1, -0.05) is 56.5 Å². The van der Waals surface area contributed by atoms with Crippen LogP contribution in [-0.2, 0) is 9.53 Å². The van der Waals surface area contributed by atoms with Crippen molar-refractivity contribution in [3.05, 3.63) is 41.5 Å². The fourth-order valence-corrected chi connectivity index (χ4v) is 1.62. The molecule has 0 radical (unpaired) electrons. The molecular weight excluding hydrogens is 238 g/mol. The predicted molar refractivity (Wildman–Crippen MR) is 75.1 cm³/mol. The third kappa shape index (κ3) is 5.87. The topological polar surface area (TPSA) is 50.1 Å². The van der Waals surface area contributed by atoms with Gasteiger partial charge in [0.15, 0.2) is 0 Å². The van der Waals surface area contributed by atoms with E-state index in [1.807, 2.05) is 36.4 Å². The summed E-state index contributed by atoms with van der Waals surface area (Å²) in [6, 6.07) is 11.2. The van der Waals surface area contributed by atoms with Crippen molar-refractivity contribution in [3.63, 3.8) is 0 Å². The zero-order chi connectivity index (χ0) is 13.9. The number of nitrogens with zero attached hydrogens (tertiary/aromatic N) is 1. The lowest BCUT2D eigenvalue weighted by molar-refractivity contribution is -0.138. The number of hydrogen-bond acceptors (Lipinski definition) is 3. The summed E-state index contributed by atoms with van der Waals surface area (Å²) in [5.41, 5.74) is 0.865. The summed E-state index contributed by atoms with van der Waals surface area (Å²) in [5, 5.41) is 8.98. The molecule has 3 heteroatoms. The minimum atomic E-state index is -0.539. The Labute approximate surface area is 114 Å². The molecule has 0 aliphatic carbocycles. The van der Waals surface area contributed by atoms with Crippen molar-refractivity contribution in [2.75, 3.05) is 6.61 Å². The van der Waals surface area contributed by atoms with Crippen LogP contribution in [0.4, 0.5) is 0 Å². The van der Waals surface area contributed by atoms with Gasteiger partial charge in [-0.05, 0) is 18.1 Å². The molecule has 0 saturated carbocycles. The Morgan fingerprint density at radius 1 is 1.26 bits per heavy atom. The first-order valence-electron chi connectivity index (χ1n) is 6.62. The number of carbonyl (C=O) groups is 1. The number of benzene rings is 1. The van der Waals surface area contributed by atoms with Crippen molar-refractivity contribution < 1.29 is 9.53 Å². The van der Waals surface area contributed by atoms with E-state index in [4.69, 9.17) is 10.00 Å². The molecule has 3 nitrogen and oxygen atoms in total. The van der Waals surface area contributed by atoms with Gasteiger partial charge in [0.2, 0.25) is 0 Å². The van der Waals surface area contributed by atoms with E-state index in [0.717, 1.165) is 31.2 Å². The van der Waals surface area contributed by atoms with E-state index in [9.17, 15) is 4.79 Å². The number of unbranched alkanes of at least 4 members (excludes halogenated alkanes) is 3. The molecule has 0 spiro atoms. The van der Waals surface area contributed by atoms with Crippen molar-refractivity contribution in [2.45, 2.75) is 32.6 Å². The maximum atomic E-state index is 11.7. The monoisotopic (exact) mass is 257 g/mol. The number of rotatable bonds is 7. The van der Waals surface area contributed by atoms with Crippen LogP contribution in [0.25, 0.3) is 6.08 Å². The average molecular weight is 257 g/mol. The molecule has 1 aromatic rings. The Morgan fingerprint density at radius 3 is 2.63 bits per heavy atom. The van der Waals surface area contributed by atoms with E-state index in [2.05, 4.69) is 6.92 Å². The second-order valence-corrected chi connectivity index (χ2v) is 4.28. The summed E-state index contributed by atoms with van der Waals surface area (Å²) in [5.74, 6) is -0.539. The van der Waals surface area contributed by atoms with Crippen LogP contribution in [0.1, 0.15) is 38.2 Å². The van der Waals surface area contributed by atoms with Crippen LogP contribution in [0, 0.1) is 11.3 Å². The summed E-state index contributed by atoms with van der Waals surface area (Å²) in [6.07, 6.45) is 5.74. The smallest absolute Gasteiger partial charge is 0.348 e. The maximum Gasteiger partial charge on any atom is 0.348 e. The van der Waals surface area contributed by atoms with Gasteiger partial charge in [0.1, 0.15) is 11.6 Å². The molecule has 100 valence electrons. The summed E-state index contributed by atoms with van der Waals surface area (Å²) >= 11 is 0. The molecule has 19 heavy (non-hydrogen) atoms. The average Bonchev–Trinajstić information content (AvgIpc) is 2.45. The lowest BCUT2D eigenvalue weighted by Crippen LogP contribution is -2.08. The fourth-order valence-electron chi connectivity index (χ4n) is 1.62.